The molecule has 4 nitrogen and oxygen atoms in total. The molecule has 0 amide bonds. The summed E-state index contributed by atoms with van der Waals surface area (Å²) in [5.41, 5.74) is 5.07. The number of hydrogen-bond donors (Lipinski definition) is 0. The molecule has 0 saturated heterocycles. The highest BCUT2D eigenvalue weighted by atomic mass is 32.2. The molecule has 0 atom stereocenters. The van der Waals surface area contributed by atoms with Gasteiger partial charge in [-0.1, -0.05) is 18.2 Å². The molecule has 0 aliphatic heterocycles. The molecule has 0 fully saturated rings. The second-order valence-electron chi connectivity index (χ2n) is 5.37. The number of non-ortho nitro benzene ring substituents is 1. The number of rotatable bonds is 6. The number of nitro groups is 1. The van der Waals surface area contributed by atoms with E-state index in [2.05, 4.69) is 35.5 Å². The van der Waals surface area contributed by atoms with Gasteiger partial charge in [-0.3, -0.25) is 10.1 Å². The van der Waals surface area contributed by atoms with Gasteiger partial charge in [-0.05, 0) is 47.7 Å². The monoisotopic (exact) mass is 368 g/mol. The molecule has 0 N–H and O–H groups in total. The SMILES string of the molecule is CSc1cccc(Cc2scnc2/C=C/c2ccc([N+](=O)[O-])cc2)c1. The molecule has 1 heterocycles. The van der Waals surface area contributed by atoms with Crippen molar-refractivity contribution in [2.45, 2.75) is 11.3 Å². The second-order valence-corrected chi connectivity index (χ2v) is 7.19. The van der Waals surface area contributed by atoms with E-state index in [9.17, 15) is 10.1 Å². The van der Waals surface area contributed by atoms with Crippen molar-refractivity contribution in [1.82, 2.24) is 4.98 Å². The number of thioether (sulfide) groups is 1. The van der Waals surface area contributed by atoms with E-state index in [4.69, 9.17) is 0 Å². The Labute approximate surface area is 154 Å². The Morgan fingerprint density at radius 3 is 2.72 bits per heavy atom. The maximum atomic E-state index is 10.7. The summed E-state index contributed by atoms with van der Waals surface area (Å²) in [6.45, 7) is 0. The minimum absolute atomic E-state index is 0.0974. The fraction of sp³-hybridized carbons (Fsp3) is 0.105. The molecule has 0 unspecified atom stereocenters. The summed E-state index contributed by atoms with van der Waals surface area (Å²) >= 11 is 3.38. The lowest BCUT2D eigenvalue weighted by atomic mass is 10.1. The second kappa shape index (κ2) is 8.09. The van der Waals surface area contributed by atoms with Gasteiger partial charge >= 0.3 is 0 Å². The fourth-order valence-corrected chi connectivity index (χ4v) is 3.67. The number of nitrogens with zero attached hydrogens (tertiary/aromatic N) is 2. The molecule has 6 heteroatoms. The first kappa shape index (κ1) is 17.4. The molecular formula is C19H16N2O2S2. The van der Waals surface area contributed by atoms with Crippen LogP contribution in [0.3, 0.4) is 0 Å². The van der Waals surface area contributed by atoms with E-state index in [1.165, 1.54) is 27.5 Å². The zero-order chi connectivity index (χ0) is 17.6. The zero-order valence-corrected chi connectivity index (χ0v) is 15.2. The fourth-order valence-electron chi connectivity index (χ4n) is 2.40. The summed E-state index contributed by atoms with van der Waals surface area (Å²) in [7, 11) is 0. The van der Waals surface area contributed by atoms with Crippen molar-refractivity contribution in [3.05, 3.63) is 85.9 Å². The smallest absolute Gasteiger partial charge is 0.258 e. The molecule has 126 valence electrons. The van der Waals surface area contributed by atoms with E-state index < -0.39 is 4.92 Å². The predicted molar refractivity (Wildman–Crippen MR) is 105 cm³/mol. The van der Waals surface area contributed by atoms with Crippen LogP contribution >= 0.6 is 23.1 Å². The summed E-state index contributed by atoms with van der Waals surface area (Å²) < 4.78 is 0. The normalized spacial score (nSPS) is 11.1. The van der Waals surface area contributed by atoms with Gasteiger partial charge in [0.25, 0.3) is 5.69 Å². The summed E-state index contributed by atoms with van der Waals surface area (Å²) in [6.07, 6.45) is 6.81. The highest BCUT2D eigenvalue weighted by Gasteiger charge is 2.06. The van der Waals surface area contributed by atoms with Gasteiger partial charge in [0.15, 0.2) is 0 Å². The molecule has 25 heavy (non-hydrogen) atoms. The summed E-state index contributed by atoms with van der Waals surface area (Å²) in [5.74, 6) is 0. The first-order valence-electron chi connectivity index (χ1n) is 7.63. The molecule has 3 aromatic rings. The van der Waals surface area contributed by atoms with Crippen LogP contribution in [0.4, 0.5) is 5.69 Å². The van der Waals surface area contributed by atoms with Gasteiger partial charge in [0, 0.05) is 28.3 Å². The van der Waals surface area contributed by atoms with Gasteiger partial charge in [-0.2, -0.15) is 0 Å². The van der Waals surface area contributed by atoms with Crippen LogP contribution < -0.4 is 0 Å². The first-order valence-corrected chi connectivity index (χ1v) is 9.74. The topological polar surface area (TPSA) is 56.0 Å². The van der Waals surface area contributed by atoms with Crippen LogP contribution in [-0.4, -0.2) is 16.2 Å². The molecule has 3 rings (SSSR count). The van der Waals surface area contributed by atoms with Gasteiger partial charge in [0.05, 0.1) is 16.1 Å². The molecule has 0 spiro atoms. The Kier molecular flexibility index (Phi) is 5.63. The lowest BCUT2D eigenvalue weighted by Crippen LogP contribution is -1.89. The van der Waals surface area contributed by atoms with Gasteiger partial charge < -0.3 is 0 Å². The summed E-state index contributed by atoms with van der Waals surface area (Å²) in [4.78, 5) is 17.2. The van der Waals surface area contributed by atoms with Gasteiger partial charge in [0.1, 0.15) is 0 Å². The Balaban J connectivity index is 1.75. The molecular weight excluding hydrogens is 352 g/mol. The number of aromatic nitrogens is 1. The highest BCUT2D eigenvalue weighted by Crippen LogP contribution is 2.23. The third kappa shape index (κ3) is 4.55. The van der Waals surface area contributed by atoms with Crippen molar-refractivity contribution in [1.29, 1.82) is 0 Å². The quantitative estimate of drug-likeness (QED) is 0.326. The Bertz CT molecular complexity index is 902. The van der Waals surface area contributed by atoms with Crippen LogP contribution in [0, 0.1) is 10.1 Å². The standard InChI is InChI=1S/C19H16N2O2S2/c1-24-17-4-2-3-15(11-17)12-19-18(20-13-25-19)10-7-14-5-8-16(9-6-14)21(22)23/h2-11,13H,12H2,1H3/b10-7+. The van der Waals surface area contributed by atoms with Crippen LogP contribution in [0.2, 0.25) is 0 Å². The molecule has 0 bridgehead atoms. The number of thiazole rings is 1. The van der Waals surface area contributed by atoms with Crippen LogP contribution in [-0.2, 0) is 6.42 Å². The lowest BCUT2D eigenvalue weighted by Gasteiger charge is -2.03. The summed E-state index contributed by atoms with van der Waals surface area (Å²) in [5, 5.41) is 10.7. The minimum atomic E-state index is -0.394. The van der Waals surface area contributed by atoms with E-state index in [1.54, 1.807) is 35.2 Å². The van der Waals surface area contributed by atoms with Crippen LogP contribution in [0.25, 0.3) is 12.2 Å². The molecule has 0 radical (unpaired) electrons. The van der Waals surface area contributed by atoms with E-state index in [-0.39, 0.29) is 5.69 Å². The van der Waals surface area contributed by atoms with Crippen molar-refractivity contribution < 1.29 is 4.92 Å². The number of hydrogen-bond acceptors (Lipinski definition) is 5. The number of nitro benzene ring substituents is 1. The Hall–Kier alpha value is -2.44. The summed E-state index contributed by atoms with van der Waals surface area (Å²) in [6, 6.07) is 15.0. The van der Waals surface area contributed by atoms with Crippen molar-refractivity contribution in [3.8, 4) is 0 Å². The van der Waals surface area contributed by atoms with Crippen LogP contribution in [0.15, 0.2) is 58.9 Å². The molecule has 2 aromatic carbocycles. The van der Waals surface area contributed by atoms with Gasteiger partial charge in [-0.25, -0.2) is 4.98 Å². The minimum Gasteiger partial charge on any atom is -0.258 e. The van der Waals surface area contributed by atoms with Crippen LogP contribution in [0.1, 0.15) is 21.7 Å². The van der Waals surface area contributed by atoms with E-state index >= 15 is 0 Å². The van der Waals surface area contributed by atoms with Gasteiger partial charge in [-0.15, -0.1) is 23.1 Å². The molecule has 0 aliphatic carbocycles. The van der Waals surface area contributed by atoms with Crippen molar-refractivity contribution in [2.24, 2.45) is 0 Å². The molecule has 0 saturated carbocycles. The number of benzene rings is 2. The lowest BCUT2D eigenvalue weighted by molar-refractivity contribution is -0.384. The average molecular weight is 368 g/mol. The first-order chi connectivity index (χ1) is 12.2. The zero-order valence-electron chi connectivity index (χ0n) is 13.6. The molecule has 0 aliphatic rings. The van der Waals surface area contributed by atoms with E-state index in [0.717, 1.165) is 17.7 Å². The van der Waals surface area contributed by atoms with E-state index in [0.29, 0.717) is 0 Å². The maximum absolute atomic E-state index is 10.7. The van der Waals surface area contributed by atoms with Crippen molar-refractivity contribution in [2.75, 3.05) is 6.26 Å². The van der Waals surface area contributed by atoms with Crippen molar-refractivity contribution in [3.63, 3.8) is 0 Å². The average Bonchev–Trinajstić information content (AvgIpc) is 3.07. The predicted octanol–water partition coefficient (Wildman–Crippen LogP) is 5.53. The largest absolute Gasteiger partial charge is 0.269 e. The maximum Gasteiger partial charge on any atom is 0.269 e. The third-order valence-corrected chi connectivity index (χ3v) is 5.28. The molecule has 1 aromatic heterocycles. The Morgan fingerprint density at radius 1 is 1.20 bits per heavy atom. The van der Waals surface area contributed by atoms with Crippen molar-refractivity contribution >= 4 is 40.9 Å². The van der Waals surface area contributed by atoms with E-state index in [1.807, 2.05) is 17.7 Å². The van der Waals surface area contributed by atoms with Gasteiger partial charge in [0.2, 0.25) is 0 Å². The third-order valence-electron chi connectivity index (χ3n) is 3.71. The highest BCUT2D eigenvalue weighted by molar-refractivity contribution is 7.98. The Morgan fingerprint density at radius 2 is 2.00 bits per heavy atom. The van der Waals surface area contributed by atoms with Crippen LogP contribution in [0.5, 0.6) is 0 Å².